The van der Waals surface area contributed by atoms with E-state index < -0.39 is 10.1 Å². The van der Waals surface area contributed by atoms with E-state index in [1.54, 1.807) is 0 Å². The van der Waals surface area contributed by atoms with Crippen LogP contribution >= 0.6 is 0 Å². The summed E-state index contributed by atoms with van der Waals surface area (Å²) >= 11 is 0. The fourth-order valence-corrected chi connectivity index (χ4v) is 4.77. The lowest BCUT2D eigenvalue weighted by molar-refractivity contribution is 0.330. The Balaban J connectivity index is 3.65. The molecular weight excluding hydrogens is 272 g/mol. The SMILES string of the molecule is CC(C)C1=CC(C(C)C)=C(S(=O)(=O)O)C(C(C)C)C1C. The maximum Gasteiger partial charge on any atom is 0.291 e. The molecule has 0 saturated heterocycles. The van der Waals surface area contributed by atoms with Gasteiger partial charge in [0.05, 0.1) is 4.91 Å². The third-order valence-electron chi connectivity index (χ3n) is 4.26. The van der Waals surface area contributed by atoms with Crippen molar-refractivity contribution in [2.24, 2.45) is 29.6 Å². The second-order valence-corrected chi connectivity index (χ2v) is 8.20. The summed E-state index contributed by atoms with van der Waals surface area (Å²) in [6.07, 6.45) is 2.00. The van der Waals surface area contributed by atoms with E-state index >= 15 is 0 Å². The lowest BCUT2D eigenvalue weighted by atomic mass is 9.71. The molecule has 1 aliphatic carbocycles. The highest BCUT2D eigenvalue weighted by molar-refractivity contribution is 7.89. The molecule has 0 amide bonds. The van der Waals surface area contributed by atoms with Crippen molar-refractivity contribution in [1.29, 1.82) is 0 Å². The van der Waals surface area contributed by atoms with Gasteiger partial charge in [-0.1, -0.05) is 60.1 Å². The van der Waals surface area contributed by atoms with Gasteiger partial charge in [-0.15, -0.1) is 0 Å². The highest BCUT2D eigenvalue weighted by Crippen LogP contribution is 2.45. The van der Waals surface area contributed by atoms with Crippen LogP contribution in [0.2, 0.25) is 0 Å². The van der Waals surface area contributed by atoms with Crippen LogP contribution in [-0.4, -0.2) is 13.0 Å². The minimum Gasteiger partial charge on any atom is -0.282 e. The fourth-order valence-electron chi connectivity index (χ4n) is 3.35. The smallest absolute Gasteiger partial charge is 0.282 e. The highest BCUT2D eigenvalue weighted by Gasteiger charge is 2.39. The largest absolute Gasteiger partial charge is 0.291 e. The zero-order valence-electron chi connectivity index (χ0n) is 13.6. The summed E-state index contributed by atoms with van der Waals surface area (Å²) in [6.45, 7) is 14.3. The van der Waals surface area contributed by atoms with Gasteiger partial charge in [-0.2, -0.15) is 8.42 Å². The first-order chi connectivity index (χ1) is 8.98. The summed E-state index contributed by atoms with van der Waals surface area (Å²) in [5, 5.41) is 0. The van der Waals surface area contributed by atoms with Crippen LogP contribution in [0.15, 0.2) is 22.1 Å². The van der Waals surface area contributed by atoms with Crippen LogP contribution in [0.25, 0.3) is 0 Å². The van der Waals surface area contributed by atoms with Crippen molar-refractivity contribution in [2.75, 3.05) is 0 Å². The Labute approximate surface area is 123 Å². The normalized spacial score (nSPS) is 24.9. The molecule has 4 heteroatoms. The molecule has 1 N–H and O–H groups in total. The van der Waals surface area contributed by atoms with Gasteiger partial charge < -0.3 is 0 Å². The quantitative estimate of drug-likeness (QED) is 0.788. The monoisotopic (exact) mass is 300 g/mol. The predicted octanol–water partition coefficient (Wildman–Crippen LogP) is 4.29. The summed E-state index contributed by atoms with van der Waals surface area (Å²) in [5.74, 6) is 0.606. The summed E-state index contributed by atoms with van der Waals surface area (Å²) < 4.78 is 33.5. The number of hydrogen-bond acceptors (Lipinski definition) is 2. The summed E-state index contributed by atoms with van der Waals surface area (Å²) in [4.78, 5) is 0.236. The topological polar surface area (TPSA) is 54.4 Å². The van der Waals surface area contributed by atoms with E-state index in [1.165, 1.54) is 5.57 Å². The second kappa shape index (κ2) is 6.02. The summed E-state index contributed by atoms with van der Waals surface area (Å²) in [5.41, 5.74) is 2.05. The Morgan fingerprint density at radius 1 is 1.05 bits per heavy atom. The van der Waals surface area contributed by atoms with Gasteiger partial charge in [0.1, 0.15) is 0 Å². The van der Waals surface area contributed by atoms with Crippen LogP contribution in [0.3, 0.4) is 0 Å². The van der Waals surface area contributed by atoms with Crippen molar-refractivity contribution in [3.8, 4) is 0 Å². The zero-order valence-corrected chi connectivity index (χ0v) is 14.5. The van der Waals surface area contributed by atoms with Gasteiger partial charge in [0.2, 0.25) is 0 Å². The van der Waals surface area contributed by atoms with Crippen molar-refractivity contribution in [1.82, 2.24) is 0 Å². The predicted molar refractivity (Wildman–Crippen MR) is 83.8 cm³/mol. The first kappa shape index (κ1) is 17.4. The zero-order chi connectivity index (χ0) is 15.8. The molecule has 2 unspecified atom stereocenters. The van der Waals surface area contributed by atoms with E-state index in [0.29, 0.717) is 5.92 Å². The number of allylic oxidation sites excluding steroid dienone is 4. The molecule has 0 saturated carbocycles. The molecular formula is C16H28O3S. The van der Waals surface area contributed by atoms with Crippen LogP contribution in [0, 0.1) is 29.6 Å². The van der Waals surface area contributed by atoms with Crippen molar-refractivity contribution < 1.29 is 13.0 Å². The minimum atomic E-state index is -4.16. The Hall–Kier alpha value is -0.610. The van der Waals surface area contributed by atoms with Crippen molar-refractivity contribution in [2.45, 2.75) is 48.5 Å². The molecule has 0 heterocycles. The molecule has 1 aliphatic rings. The molecule has 0 fully saturated rings. The van der Waals surface area contributed by atoms with E-state index in [1.807, 2.05) is 33.8 Å². The molecule has 3 nitrogen and oxygen atoms in total. The van der Waals surface area contributed by atoms with E-state index in [-0.39, 0.29) is 28.6 Å². The minimum absolute atomic E-state index is 0.0782. The van der Waals surface area contributed by atoms with E-state index in [2.05, 4.69) is 20.8 Å². The molecule has 0 aliphatic heterocycles. The van der Waals surface area contributed by atoms with Gasteiger partial charge in [-0.3, -0.25) is 4.55 Å². The maximum absolute atomic E-state index is 11.9. The van der Waals surface area contributed by atoms with E-state index in [9.17, 15) is 13.0 Å². The fraction of sp³-hybridized carbons (Fsp3) is 0.750. The molecule has 0 radical (unpaired) electrons. The molecule has 0 aromatic rings. The van der Waals surface area contributed by atoms with E-state index in [0.717, 1.165) is 5.57 Å². The molecule has 116 valence electrons. The third-order valence-corrected chi connectivity index (χ3v) is 5.32. The third kappa shape index (κ3) is 3.34. The lowest BCUT2D eigenvalue weighted by Gasteiger charge is -2.37. The number of rotatable bonds is 4. The molecule has 20 heavy (non-hydrogen) atoms. The molecule has 0 aromatic carbocycles. The van der Waals surface area contributed by atoms with Gasteiger partial charge in [0, 0.05) is 5.92 Å². The Morgan fingerprint density at radius 2 is 1.55 bits per heavy atom. The first-order valence-corrected chi connectivity index (χ1v) is 8.85. The number of hydrogen-bond donors (Lipinski definition) is 1. The average molecular weight is 300 g/mol. The Morgan fingerprint density at radius 3 is 1.85 bits per heavy atom. The average Bonchev–Trinajstić information content (AvgIpc) is 2.25. The second-order valence-electron chi connectivity index (χ2n) is 6.81. The standard InChI is InChI=1S/C16H28O3S/c1-9(2)13-8-14(10(3)4)16(20(17,18)19)15(11(5)6)12(13)7/h8-12,15H,1-7H3,(H,17,18,19). The van der Waals surface area contributed by atoms with Gasteiger partial charge >= 0.3 is 0 Å². The summed E-state index contributed by atoms with van der Waals surface area (Å²) in [7, 11) is -4.16. The van der Waals surface area contributed by atoms with E-state index in [4.69, 9.17) is 0 Å². The lowest BCUT2D eigenvalue weighted by Crippen LogP contribution is -2.32. The molecule has 1 rings (SSSR count). The molecule has 0 aromatic heterocycles. The van der Waals surface area contributed by atoms with Crippen LogP contribution in [0.4, 0.5) is 0 Å². The molecule has 0 spiro atoms. The van der Waals surface area contributed by atoms with Crippen LogP contribution in [-0.2, 0) is 10.1 Å². The van der Waals surface area contributed by atoms with Crippen molar-refractivity contribution in [3.05, 3.63) is 22.1 Å². The molecule has 2 atom stereocenters. The van der Waals surface area contributed by atoms with Gasteiger partial charge in [-0.25, -0.2) is 0 Å². The van der Waals surface area contributed by atoms with Gasteiger partial charge in [0.15, 0.2) is 0 Å². The van der Waals surface area contributed by atoms with Gasteiger partial charge in [-0.05, 0) is 29.2 Å². The van der Waals surface area contributed by atoms with Crippen molar-refractivity contribution in [3.63, 3.8) is 0 Å². The van der Waals surface area contributed by atoms with Gasteiger partial charge in [0.25, 0.3) is 10.1 Å². The molecule has 0 bridgehead atoms. The maximum atomic E-state index is 11.9. The summed E-state index contributed by atoms with van der Waals surface area (Å²) in [6, 6.07) is 0. The van der Waals surface area contributed by atoms with Crippen LogP contribution in [0.1, 0.15) is 48.5 Å². The van der Waals surface area contributed by atoms with Crippen LogP contribution in [0.5, 0.6) is 0 Å². The van der Waals surface area contributed by atoms with Crippen molar-refractivity contribution >= 4 is 10.1 Å². The highest BCUT2D eigenvalue weighted by atomic mass is 32.2. The Bertz CT molecular complexity index is 522. The first-order valence-electron chi connectivity index (χ1n) is 7.41. The van der Waals surface area contributed by atoms with Crippen LogP contribution < -0.4 is 0 Å². The Kier molecular flexibility index (Phi) is 5.25.